The molecule has 30 heavy (non-hydrogen) atoms. The van der Waals surface area contributed by atoms with Gasteiger partial charge in [0.15, 0.2) is 0 Å². The normalized spacial score (nSPS) is 23.9. The van der Waals surface area contributed by atoms with Gasteiger partial charge in [-0.25, -0.2) is 9.97 Å². The van der Waals surface area contributed by atoms with Crippen LogP contribution in [0.15, 0.2) is 12.4 Å². The van der Waals surface area contributed by atoms with Crippen molar-refractivity contribution in [2.24, 2.45) is 0 Å². The van der Waals surface area contributed by atoms with Crippen LogP contribution in [0.2, 0.25) is 0 Å². The molecule has 1 aromatic rings. The maximum absolute atomic E-state index is 5.53. The van der Waals surface area contributed by atoms with E-state index in [0.717, 1.165) is 90.4 Å². The van der Waals surface area contributed by atoms with Gasteiger partial charge in [0.1, 0.15) is 18.0 Å². The fourth-order valence-electron chi connectivity index (χ4n) is 4.41. The van der Waals surface area contributed by atoms with Crippen LogP contribution in [0.5, 0.6) is 0 Å². The third-order valence-corrected chi connectivity index (χ3v) is 6.27. The van der Waals surface area contributed by atoms with Gasteiger partial charge in [-0.15, -0.1) is 0 Å². The zero-order valence-corrected chi connectivity index (χ0v) is 19.3. The van der Waals surface area contributed by atoms with Gasteiger partial charge in [0.05, 0.1) is 13.2 Å². The van der Waals surface area contributed by atoms with E-state index in [0.29, 0.717) is 12.1 Å². The van der Waals surface area contributed by atoms with Crippen LogP contribution in [0, 0.1) is 0 Å². The molecule has 2 fully saturated rings. The molecule has 1 aromatic heterocycles. The first kappa shape index (κ1) is 23.2. The Morgan fingerprint density at radius 1 is 0.800 bits per heavy atom. The summed E-state index contributed by atoms with van der Waals surface area (Å²) in [5.74, 6) is 2.09. The lowest BCUT2D eigenvalue weighted by Crippen LogP contribution is -2.53. The van der Waals surface area contributed by atoms with Gasteiger partial charge in [-0.3, -0.25) is 9.80 Å². The molecular formula is C22H40N6O2. The van der Waals surface area contributed by atoms with Gasteiger partial charge in [-0.05, 0) is 27.7 Å². The predicted molar refractivity (Wildman–Crippen MR) is 122 cm³/mol. The fraction of sp³-hybridized carbons (Fsp3) is 0.818. The van der Waals surface area contributed by atoms with Crippen LogP contribution >= 0.6 is 0 Å². The summed E-state index contributed by atoms with van der Waals surface area (Å²) in [5.41, 5.74) is 0. The van der Waals surface area contributed by atoms with Gasteiger partial charge in [-0.2, -0.15) is 0 Å². The van der Waals surface area contributed by atoms with E-state index in [4.69, 9.17) is 9.47 Å². The molecule has 170 valence electrons. The molecule has 3 rings (SSSR count). The number of nitrogens with zero attached hydrogens (tertiary/aromatic N) is 6. The molecule has 0 N–H and O–H groups in total. The van der Waals surface area contributed by atoms with Gasteiger partial charge in [0.25, 0.3) is 0 Å². The van der Waals surface area contributed by atoms with E-state index < -0.39 is 0 Å². The minimum absolute atomic E-state index is 0.492. The summed E-state index contributed by atoms with van der Waals surface area (Å²) in [4.78, 5) is 19.0. The first-order valence-corrected chi connectivity index (χ1v) is 11.6. The molecule has 8 nitrogen and oxygen atoms in total. The van der Waals surface area contributed by atoms with Crippen molar-refractivity contribution in [2.75, 3.05) is 88.6 Å². The molecule has 0 aromatic carbocycles. The van der Waals surface area contributed by atoms with E-state index >= 15 is 0 Å². The van der Waals surface area contributed by atoms with Crippen molar-refractivity contribution in [1.29, 1.82) is 0 Å². The Morgan fingerprint density at radius 2 is 1.27 bits per heavy atom. The van der Waals surface area contributed by atoms with E-state index in [2.05, 4.69) is 63.3 Å². The summed E-state index contributed by atoms with van der Waals surface area (Å²) in [6, 6.07) is 3.16. The molecule has 0 saturated carbocycles. The van der Waals surface area contributed by atoms with Crippen molar-refractivity contribution in [1.82, 2.24) is 19.8 Å². The number of hydrogen-bond donors (Lipinski definition) is 0. The monoisotopic (exact) mass is 420 g/mol. The van der Waals surface area contributed by atoms with E-state index in [-0.39, 0.29) is 0 Å². The molecule has 0 aliphatic carbocycles. The number of anilines is 2. The zero-order valence-electron chi connectivity index (χ0n) is 19.3. The second-order valence-electron chi connectivity index (χ2n) is 8.29. The Balaban J connectivity index is 1.54. The van der Waals surface area contributed by atoms with Gasteiger partial charge in [-0.1, -0.05) is 0 Å². The van der Waals surface area contributed by atoms with Crippen LogP contribution in [-0.4, -0.2) is 111 Å². The van der Waals surface area contributed by atoms with E-state index in [1.165, 1.54) is 0 Å². The molecule has 8 heteroatoms. The zero-order chi connectivity index (χ0) is 21.3. The highest BCUT2D eigenvalue weighted by atomic mass is 16.5. The minimum Gasteiger partial charge on any atom is -0.380 e. The number of ether oxygens (including phenoxy) is 2. The van der Waals surface area contributed by atoms with E-state index in [1.54, 1.807) is 6.33 Å². The second-order valence-corrected chi connectivity index (χ2v) is 8.29. The van der Waals surface area contributed by atoms with Gasteiger partial charge in [0, 0.05) is 83.7 Å². The molecule has 0 radical (unpaired) electrons. The highest BCUT2D eigenvalue weighted by Gasteiger charge is 2.27. The van der Waals surface area contributed by atoms with Crippen molar-refractivity contribution in [3.8, 4) is 0 Å². The van der Waals surface area contributed by atoms with E-state index in [1.807, 2.05) is 0 Å². The number of aromatic nitrogens is 2. The highest BCUT2D eigenvalue weighted by molar-refractivity contribution is 5.51. The maximum atomic E-state index is 5.53. The van der Waals surface area contributed by atoms with Gasteiger partial charge < -0.3 is 19.3 Å². The summed E-state index contributed by atoms with van der Waals surface area (Å²) in [6.45, 7) is 20.0. The molecular weight excluding hydrogens is 380 g/mol. The smallest absolute Gasteiger partial charge is 0.134 e. The van der Waals surface area contributed by atoms with Crippen molar-refractivity contribution in [3.05, 3.63) is 12.4 Å². The summed E-state index contributed by atoms with van der Waals surface area (Å²) in [7, 11) is 0. The lowest BCUT2D eigenvalue weighted by molar-refractivity contribution is 0.0923. The molecule has 0 amide bonds. The van der Waals surface area contributed by atoms with Crippen LogP contribution in [-0.2, 0) is 9.47 Å². The Kier molecular flexibility index (Phi) is 9.11. The summed E-state index contributed by atoms with van der Waals surface area (Å²) >= 11 is 0. The molecule has 3 heterocycles. The van der Waals surface area contributed by atoms with Crippen LogP contribution in [0.25, 0.3) is 0 Å². The number of hydrogen-bond acceptors (Lipinski definition) is 8. The SMILES string of the molecule is CCOCCN1CCN(c2cc(N3CCN(CCOCC)[C@@H](C)C3)ncn2)C[C@H]1C. The molecule has 0 spiro atoms. The molecule has 2 saturated heterocycles. The Morgan fingerprint density at radius 3 is 1.67 bits per heavy atom. The van der Waals surface area contributed by atoms with Crippen molar-refractivity contribution >= 4 is 11.6 Å². The third kappa shape index (κ3) is 6.26. The summed E-state index contributed by atoms with van der Waals surface area (Å²) in [6.07, 6.45) is 1.73. The fourth-order valence-corrected chi connectivity index (χ4v) is 4.41. The Bertz CT molecular complexity index is 584. The quantitative estimate of drug-likeness (QED) is 0.529. The van der Waals surface area contributed by atoms with E-state index in [9.17, 15) is 0 Å². The molecule has 2 aliphatic heterocycles. The highest BCUT2D eigenvalue weighted by Crippen LogP contribution is 2.23. The number of piperazine rings is 2. The molecule has 0 bridgehead atoms. The maximum Gasteiger partial charge on any atom is 0.134 e. The predicted octanol–water partition coefficient (Wildman–Crippen LogP) is 1.57. The minimum atomic E-state index is 0.492. The van der Waals surface area contributed by atoms with Crippen molar-refractivity contribution < 1.29 is 9.47 Å². The summed E-state index contributed by atoms with van der Waals surface area (Å²) < 4.78 is 11.1. The first-order chi connectivity index (χ1) is 14.6. The van der Waals surface area contributed by atoms with Crippen molar-refractivity contribution in [2.45, 2.75) is 39.8 Å². The largest absolute Gasteiger partial charge is 0.380 e. The Hall–Kier alpha value is -1.48. The first-order valence-electron chi connectivity index (χ1n) is 11.6. The van der Waals surface area contributed by atoms with Crippen LogP contribution in [0.4, 0.5) is 11.6 Å². The summed E-state index contributed by atoms with van der Waals surface area (Å²) in [5, 5.41) is 0. The standard InChI is InChI=1S/C22H40N6O2/c1-5-29-13-11-25-7-9-27(16-19(25)3)21-15-22(24-18-23-21)28-10-8-26(20(4)17-28)12-14-30-6-2/h15,18-20H,5-14,16-17H2,1-4H3/t19-,20+. The lowest BCUT2D eigenvalue weighted by Gasteiger charge is -2.41. The Labute approximate surface area is 182 Å². The topological polar surface area (TPSA) is 57.2 Å². The third-order valence-electron chi connectivity index (χ3n) is 6.27. The van der Waals surface area contributed by atoms with Crippen LogP contribution in [0.3, 0.4) is 0 Å². The average Bonchev–Trinajstić information content (AvgIpc) is 2.76. The van der Waals surface area contributed by atoms with Gasteiger partial charge in [0.2, 0.25) is 0 Å². The van der Waals surface area contributed by atoms with Crippen LogP contribution in [0.1, 0.15) is 27.7 Å². The van der Waals surface area contributed by atoms with Crippen molar-refractivity contribution in [3.63, 3.8) is 0 Å². The second kappa shape index (κ2) is 11.8. The van der Waals surface area contributed by atoms with Gasteiger partial charge >= 0.3 is 0 Å². The number of rotatable bonds is 10. The molecule has 2 atom stereocenters. The average molecular weight is 421 g/mol. The molecule has 2 aliphatic rings. The van der Waals surface area contributed by atoms with Crippen LogP contribution < -0.4 is 9.80 Å². The lowest BCUT2D eigenvalue weighted by atomic mass is 10.1. The molecule has 0 unspecified atom stereocenters.